The molecule has 1 aliphatic heterocycles. The van der Waals surface area contributed by atoms with Gasteiger partial charge in [0.15, 0.2) is 17.9 Å². The first-order valence-corrected chi connectivity index (χ1v) is 9.27. The monoisotopic (exact) mass is 378 g/mol. The van der Waals surface area contributed by atoms with Crippen LogP contribution >= 0.6 is 0 Å². The van der Waals surface area contributed by atoms with Crippen molar-refractivity contribution in [2.24, 2.45) is 0 Å². The number of esters is 1. The van der Waals surface area contributed by atoms with Crippen molar-refractivity contribution >= 4 is 17.5 Å². The fourth-order valence-corrected chi connectivity index (χ4v) is 4.53. The number of hydrogen-bond donors (Lipinski definition) is 0. The van der Waals surface area contributed by atoms with Crippen molar-refractivity contribution in [2.75, 3.05) is 0 Å². The Morgan fingerprint density at radius 1 is 1.11 bits per heavy atom. The van der Waals surface area contributed by atoms with E-state index in [9.17, 15) is 14.4 Å². The fraction of sp³-hybridized carbons (Fsp3) is 0.318. The molecule has 0 radical (unpaired) electrons. The van der Waals surface area contributed by atoms with Gasteiger partial charge in [-0.25, -0.2) is 0 Å². The molecule has 0 spiro atoms. The van der Waals surface area contributed by atoms with E-state index in [2.05, 4.69) is 0 Å². The number of benzene rings is 2. The van der Waals surface area contributed by atoms with E-state index in [0.717, 1.165) is 11.1 Å². The SMILES string of the molecule is CC(=O)OCc1cc2c(c3c1C1OC(C)OC1C3)C(=O)c1ccccc1C2=O. The number of carbonyl (C=O) groups is 3. The number of ether oxygens (including phenoxy) is 3. The van der Waals surface area contributed by atoms with E-state index in [1.165, 1.54) is 6.92 Å². The average Bonchev–Trinajstić information content (AvgIpc) is 3.19. The summed E-state index contributed by atoms with van der Waals surface area (Å²) < 4.78 is 17.0. The summed E-state index contributed by atoms with van der Waals surface area (Å²) in [6, 6.07) is 8.53. The minimum atomic E-state index is -0.411. The van der Waals surface area contributed by atoms with Crippen LogP contribution in [0.2, 0.25) is 0 Å². The van der Waals surface area contributed by atoms with Gasteiger partial charge in [-0.3, -0.25) is 14.4 Å². The van der Waals surface area contributed by atoms with Gasteiger partial charge >= 0.3 is 5.97 Å². The van der Waals surface area contributed by atoms with Crippen LogP contribution in [0.5, 0.6) is 0 Å². The Morgan fingerprint density at radius 3 is 2.54 bits per heavy atom. The Hall–Kier alpha value is -2.83. The lowest BCUT2D eigenvalue weighted by Crippen LogP contribution is -2.24. The molecule has 5 rings (SSSR count). The van der Waals surface area contributed by atoms with Crippen molar-refractivity contribution in [2.45, 2.75) is 45.4 Å². The molecule has 0 aromatic heterocycles. The topological polar surface area (TPSA) is 78.9 Å². The lowest BCUT2D eigenvalue weighted by atomic mass is 9.79. The third-order valence-corrected chi connectivity index (χ3v) is 5.61. The van der Waals surface area contributed by atoms with E-state index in [0.29, 0.717) is 34.2 Å². The maximum absolute atomic E-state index is 13.3. The van der Waals surface area contributed by atoms with Crippen LogP contribution in [0.25, 0.3) is 0 Å². The van der Waals surface area contributed by atoms with Gasteiger partial charge in [0.1, 0.15) is 12.7 Å². The van der Waals surface area contributed by atoms with Crippen molar-refractivity contribution < 1.29 is 28.6 Å². The molecule has 1 fully saturated rings. The summed E-state index contributed by atoms with van der Waals surface area (Å²) in [6.45, 7) is 3.19. The zero-order valence-electron chi connectivity index (χ0n) is 15.5. The van der Waals surface area contributed by atoms with Gasteiger partial charge in [-0.05, 0) is 29.7 Å². The molecular formula is C22H18O6. The van der Waals surface area contributed by atoms with Gasteiger partial charge in [0.25, 0.3) is 0 Å². The molecule has 0 saturated carbocycles. The van der Waals surface area contributed by atoms with Gasteiger partial charge in [0.2, 0.25) is 0 Å². The molecule has 3 aliphatic rings. The predicted octanol–water partition coefficient (Wildman–Crippen LogP) is 2.88. The van der Waals surface area contributed by atoms with Crippen molar-refractivity contribution in [3.63, 3.8) is 0 Å². The minimum Gasteiger partial charge on any atom is -0.461 e. The second-order valence-electron chi connectivity index (χ2n) is 7.34. The molecule has 3 atom stereocenters. The van der Waals surface area contributed by atoms with Gasteiger partial charge < -0.3 is 14.2 Å². The van der Waals surface area contributed by atoms with Gasteiger partial charge in [0.05, 0.1) is 6.10 Å². The summed E-state index contributed by atoms with van der Waals surface area (Å²) in [5.74, 6) is -0.761. The summed E-state index contributed by atoms with van der Waals surface area (Å²) in [4.78, 5) is 37.7. The first kappa shape index (κ1) is 17.3. The lowest BCUT2D eigenvalue weighted by molar-refractivity contribution is -0.142. The Balaban J connectivity index is 1.72. The Kier molecular flexibility index (Phi) is 3.76. The highest BCUT2D eigenvalue weighted by Crippen LogP contribution is 2.47. The van der Waals surface area contributed by atoms with Crippen LogP contribution in [0.4, 0.5) is 0 Å². The molecule has 6 heteroatoms. The molecule has 28 heavy (non-hydrogen) atoms. The maximum atomic E-state index is 13.3. The van der Waals surface area contributed by atoms with E-state index in [4.69, 9.17) is 14.2 Å². The van der Waals surface area contributed by atoms with Gasteiger partial charge in [-0.2, -0.15) is 0 Å². The van der Waals surface area contributed by atoms with Crippen LogP contribution in [0.3, 0.4) is 0 Å². The zero-order valence-corrected chi connectivity index (χ0v) is 15.5. The second-order valence-corrected chi connectivity index (χ2v) is 7.34. The summed E-state index contributed by atoms with van der Waals surface area (Å²) in [5, 5.41) is 0. The molecule has 1 heterocycles. The van der Waals surface area contributed by atoms with Crippen molar-refractivity contribution in [1.82, 2.24) is 0 Å². The first-order valence-electron chi connectivity index (χ1n) is 9.27. The van der Waals surface area contributed by atoms with Gasteiger partial charge in [-0.1, -0.05) is 24.3 Å². The Labute approximate surface area is 161 Å². The van der Waals surface area contributed by atoms with Gasteiger partial charge in [0, 0.05) is 35.6 Å². The Morgan fingerprint density at radius 2 is 1.82 bits per heavy atom. The average molecular weight is 378 g/mol. The van der Waals surface area contributed by atoms with Crippen molar-refractivity contribution in [3.05, 3.63) is 69.3 Å². The van der Waals surface area contributed by atoms with E-state index in [1.807, 2.05) is 6.92 Å². The molecule has 142 valence electrons. The molecule has 2 aromatic rings. The summed E-state index contributed by atoms with van der Waals surface area (Å²) in [6.07, 6.45) is -0.408. The first-order chi connectivity index (χ1) is 13.5. The van der Waals surface area contributed by atoms with Crippen LogP contribution in [-0.2, 0) is 32.0 Å². The highest BCUT2D eigenvalue weighted by molar-refractivity contribution is 6.29. The molecule has 0 amide bonds. The molecular weight excluding hydrogens is 360 g/mol. The van der Waals surface area contributed by atoms with E-state index in [1.54, 1.807) is 30.3 Å². The molecule has 1 saturated heterocycles. The van der Waals surface area contributed by atoms with Crippen molar-refractivity contribution in [1.29, 1.82) is 0 Å². The van der Waals surface area contributed by atoms with Crippen molar-refractivity contribution in [3.8, 4) is 0 Å². The quantitative estimate of drug-likeness (QED) is 0.638. The number of fused-ring (bicyclic) bond motifs is 6. The lowest BCUT2D eigenvalue weighted by Gasteiger charge is -2.23. The number of carbonyl (C=O) groups excluding carboxylic acids is 3. The smallest absolute Gasteiger partial charge is 0.302 e. The van der Waals surface area contributed by atoms with Gasteiger partial charge in [-0.15, -0.1) is 0 Å². The third-order valence-electron chi connectivity index (χ3n) is 5.61. The molecule has 2 aliphatic carbocycles. The molecule has 0 N–H and O–H groups in total. The third kappa shape index (κ3) is 2.38. The summed E-state index contributed by atoms with van der Waals surface area (Å²) in [5.41, 5.74) is 3.89. The number of ketones is 2. The summed E-state index contributed by atoms with van der Waals surface area (Å²) in [7, 11) is 0. The largest absolute Gasteiger partial charge is 0.461 e. The second kappa shape index (κ2) is 6.09. The predicted molar refractivity (Wildman–Crippen MR) is 97.1 cm³/mol. The summed E-state index contributed by atoms with van der Waals surface area (Å²) >= 11 is 0. The normalized spacial score (nSPS) is 24.4. The number of hydrogen-bond acceptors (Lipinski definition) is 6. The minimum absolute atomic E-state index is 0.0228. The van der Waals surface area contributed by atoms with Crippen LogP contribution < -0.4 is 0 Å². The zero-order chi connectivity index (χ0) is 19.6. The molecule has 2 aromatic carbocycles. The highest BCUT2D eigenvalue weighted by atomic mass is 16.7. The molecule has 0 bridgehead atoms. The number of rotatable bonds is 2. The van der Waals surface area contributed by atoms with E-state index < -0.39 is 5.97 Å². The maximum Gasteiger partial charge on any atom is 0.302 e. The Bertz CT molecular complexity index is 1050. The van der Waals surface area contributed by atoms with Crippen LogP contribution in [0.15, 0.2) is 30.3 Å². The van der Waals surface area contributed by atoms with Crippen LogP contribution in [0, 0.1) is 0 Å². The van der Waals surface area contributed by atoms with Crippen LogP contribution in [-0.4, -0.2) is 29.9 Å². The molecule has 3 unspecified atom stereocenters. The highest BCUT2D eigenvalue weighted by Gasteiger charge is 2.46. The standard InChI is InChI=1S/C22H18O6/c1-10(23)26-9-12-7-16-19(15-8-17-22(18(12)15)28-11(2)27-17)21(25)14-6-4-3-5-13(14)20(16)24/h3-7,11,17,22H,8-9H2,1-2H3. The van der Waals surface area contributed by atoms with Crippen LogP contribution in [0.1, 0.15) is 68.5 Å². The van der Waals surface area contributed by atoms with E-state index >= 15 is 0 Å². The van der Waals surface area contributed by atoms with E-state index in [-0.39, 0.29) is 36.7 Å². The fourth-order valence-electron chi connectivity index (χ4n) is 4.53. The molecule has 6 nitrogen and oxygen atoms in total.